The van der Waals surface area contributed by atoms with Crippen LogP contribution < -0.4 is 5.32 Å². The van der Waals surface area contributed by atoms with Gasteiger partial charge in [0.15, 0.2) is 0 Å². The zero-order valence-corrected chi connectivity index (χ0v) is 22.2. The summed E-state index contributed by atoms with van der Waals surface area (Å²) in [6, 6.07) is 1.93. The van der Waals surface area contributed by atoms with E-state index in [2.05, 4.69) is 53.8 Å². The molecule has 1 heterocycles. The van der Waals surface area contributed by atoms with Crippen molar-refractivity contribution in [1.29, 1.82) is 0 Å². The number of hydrogen-bond donors (Lipinski definition) is 1. The molecule has 1 rings (SSSR count). The molecule has 32 heavy (non-hydrogen) atoms. The highest BCUT2D eigenvalue weighted by Crippen LogP contribution is 2.28. The number of rotatable bonds is 12. The molecule has 6 heteroatoms. The van der Waals surface area contributed by atoms with Gasteiger partial charge in [-0.05, 0) is 41.0 Å². The molecule has 184 valence electrons. The lowest BCUT2D eigenvalue weighted by Gasteiger charge is -2.27. The number of nitrogens with zero attached hydrogens (tertiary/aromatic N) is 3. The molecule has 1 aromatic rings. The number of anilines is 1. The minimum Gasteiger partial charge on any atom is -0.331 e. The van der Waals surface area contributed by atoms with E-state index in [1.807, 2.05) is 24.6 Å². The normalized spacial score (nSPS) is 12.3. The molecule has 0 atom stereocenters. The molecular weight excluding hydrogens is 400 g/mol. The van der Waals surface area contributed by atoms with Crippen LogP contribution in [-0.4, -0.2) is 39.1 Å². The Morgan fingerprint density at radius 3 is 2.06 bits per heavy atom. The van der Waals surface area contributed by atoms with Gasteiger partial charge >= 0.3 is 0 Å². The first kappa shape index (κ1) is 28.2. The van der Waals surface area contributed by atoms with Crippen molar-refractivity contribution in [3.8, 4) is 0 Å². The first-order valence-corrected chi connectivity index (χ1v) is 12.5. The highest BCUT2D eigenvalue weighted by molar-refractivity contribution is 5.94. The van der Waals surface area contributed by atoms with Crippen molar-refractivity contribution in [2.24, 2.45) is 0 Å². The lowest BCUT2D eigenvalue weighted by molar-refractivity contribution is -0.136. The van der Waals surface area contributed by atoms with Crippen LogP contribution in [0.25, 0.3) is 0 Å². The summed E-state index contributed by atoms with van der Waals surface area (Å²) >= 11 is 0. The number of hydrogen-bond acceptors (Lipinski definition) is 3. The summed E-state index contributed by atoms with van der Waals surface area (Å²) in [5, 5.41) is 7.77. The van der Waals surface area contributed by atoms with Gasteiger partial charge in [0.25, 0.3) is 0 Å². The maximum Gasteiger partial charge on any atom is 0.245 e. The van der Waals surface area contributed by atoms with Crippen molar-refractivity contribution in [1.82, 2.24) is 14.7 Å². The Hall–Kier alpha value is -1.85. The fourth-order valence-electron chi connectivity index (χ4n) is 3.62. The van der Waals surface area contributed by atoms with Crippen molar-refractivity contribution in [3.05, 3.63) is 11.8 Å². The van der Waals surface area contributed by atoms with Gasteiger partial charge in [-0.1, -0.05) is 66.2 Å². The summed E-state index contributed by atoms with van der Waals surface area (Å²) in [7, 11) is 0. The standard InChI is InChI=1S/C26H48N4O2/c1-10-11-12-13-14-15-16-17-24(32)29(20(2)3)19-23(31)27-22-18-21(25(4,5)6)28-30(22)26(7,8)9/h18,20H,10-17,19H2,1-9H3,(H,27,31). The van der Waals surface area contributed by atoms with Crippen LogP contribution in [0.3, 0.4) is 0 Å². The smallest absolute Gasteiger partial charge is 0.245 e. The van der Waals surface area contributed by atoms with Gasteiger partial charge in [0.1, 0.15) is 12.4 Å². The van der Waals surface area contributed by atoms with E-state index in [-0.39, 0.29) is 35.4 Å². The topological polar surface area (TPSA) is 67.2 Å². The van der Waals surface area contributed by atoms with Crippen molar-refractivity contribution in [3.63, 3.8) is 0 Å². The van der Waals surface area contributed by atoms with Crippen molar-refractivity contribution < 1.29 is 9.59 Å². The highest BCUT2D eigenvalue weighted by atomic mass is 16.2. The Kier molecular flexibility index (Phi) is 10.9. The van der Waals surface area contributed by atoms with E-state index >= 15 is 0 Å². The summed E-state index contributed by atoms with van der Waals surface area (Å²) < 4.78 is 1.87. The Morgan fingerprint density at radius 2 is 1.56 bits per heavy atom. The monoisotopic (exact) mass is 448 g/mol. The van der Waals surface area contributed by atoms with Crippen LogP contribution in [-0.2, 0) is 20.5 Å². The molecule has 0 aliphatic carbocycles. The van der Waals surface area contributed by atoms with Crippen molar-refractivity contribution >= 4 is 17.6 Å². The molecule has 0 fully saturated rings. The van der Waals surface area contributed by atoms with Gasteiger partial charge in [0, 0.05) is 23.9 Å². The third-order valence-corrected chi connectivity index (χ3v) is 5.63. The second-order valence-electron chi connectivity index (χ2n) is 11.3. The first-order valence-electron chi connectivity index (χ1n) is 12.5. The van der Waals surface area contributed by atoms with Crippen LogP contribution >= 0.6 is 0 Å². The number of aromatic nitrogens is 2. The maximum absolute atomic E-state index is 12.9. The van der Waals surface area contributed by atoms with Gasteiger partial charge in [0.05, 0.1) is 11.2 Å². The fraction of sp³-hybridized carbons (Fsp3) is 0.808. The van der Waals surface area contributed by atoms with Crippen molar-refractivity contribution in [2.45, 2.75) is 131 Å². The Morgan fingerprint density at radius 1 is 1.00 bits per heavy atom. The lowest BCUT2D eigenvalue weighted by Crippen LogP contribution is -2.42. The molecule has 0 radical (unpaired) electrons. The molecule has 0 aliphatic rings. The van der Waals surface area contributed by atoms with E-state index in [1.165, 1.54) is 32.1 Å². The van der Waals surface area contributed by atoms with Gasteiger partial charge in [-0.25, -0.2) is 4.68 Å². The minimum atomic E-state index is -0.267. The Labute approximate surface area is 196 Å². The quantitative estimate of drug-likeness (QED) is 0.384. The highest BCUT2D eigenvalue weighted by Gasteiger charge is 2.27. The van der Waals surface area contributed by atoms with Gasteiger partial charge in [-0.3, -0.25) is 9.59 Å². The van der Waals surface area contributed by atoms with Crippen LogP contribution in [0.5, 0.6) is 0 Å². The van der Waals surface area contributed by atoms with Gasteiger partial charge in [0.2, 0.25) is 11.8 Å². The second-order valence-corrected chi connectivity index (χ2v) is 11.3. The first-order chi connectivity index (χ1) is 14.8. The van der Waals surface area contributed by atoms with E-state index in [4.69, 9.17) is 5.10 Å². The summed E-state index contributed by atoms with van der Waals surface area (Å²) in [5.74, 6) is 0.552. The van der Waals surface area contributed by atoms with E-state index in [0.717, 1.165) is 18.5 Å². The molecule has 0 aromatic carbocycles. The zero-order valence-electron chi connectivity index (χ0n) is 22.2. The van der Waals surface area contributed by atoms with E-state index in [1.54, 1.807) is 4.90 Å². The molecule has 6 nitrogen and oxygen atoms in total. The van der Waals surface area contributed by atoms with Gasteiger partial charge in [-0.15, -0.1) is 0 Å². The van der Waals surface area contributed by atoms with Crippen LogP contribution in [0.15, 0.2) is 6.07 Å². The Balaban J connectivity index is 2.73. The third kappa shape index (κ3) is 9.33. The molecule has 2 amide bonds. The third-order valence-electron chi connectivity index (χ3n) is 5.63. The summed E-state index contributed by atoms with van der Waals surface area (Å²) in [5.41, 5.74) is 0.543. The van der Waals surface area contributed by atoms with Crippen LogP contribution in [0.4, 0.5) is 5.82 Å². The Bertz CT molecular complexity index is 723. The number of unbranched alkanes of at least 4 members (excludes halogenated alkanes) is 6. The molecule has 0 unspecified atom stereocenters. The summed E-state index contributed by atoms with van der Waals surface area (Å²) in [6.07, 6.45) is 8.73. The number of carbonyl (C=O) groups excluding carboxylic acids is 2. The van der Waals surface area contributed by atoms with E-state index in [9.17, 15) is 9.59 Å². The maximum atomic E-state index is 12.9. The predicted molar refractivity (Wildman–Crippen MR) is 134 cm³/mol. The largest absolute Gasteiger partial charge is 0.331 e. The van der Waals surface area contributed by atoms with E-state index in [0.29, 0.717) is 12.2 Å². The molecular formula is C26H48N4O2. The van der Waals surface area contributed by atoms with Gasteiger partial charge < -0.3 is 10.2 Å². The van der Waals surface area contributed by atoms with Crippen LogP contribution in [0.2, 0.25) is 0 Å². The molecule has 1 aromatic heterocycles. The predicted octanol–water partition coefficient (Wildman–Crippen LogP) is 6.25. The molecule has 0 saturated carbocycles. The fourth-order valence-corrected chi connectivity index (χ4v) is 3.62. The molecule has 1 N–H and O–H groups in total. The second kappa shape index (κ2) is 12.4. The summed E-state index contributed by atoms with van der Waals surface area (Å²) in [6.45, 7) is 18.7. The van der Waals surface area contributed by atoms with Crippen LogP contribution in [0.1, 0.15) is 119 Å². The zero-order chi connectivity index (χ0) is 24.5. The molecule has 0 saturated heterocycles. The lowest BCUT2D eigenvalue weighted by atomic mass is 9.92. The van der Waals surface area contributed by atoms with E-state index < -0.39 is 0 Å². The SMILES string of the molecule is CCCCCCCCCC(=O)N(CC(=O)Nc1cc(C(C)(C)C)nn1C(C)(C)C)C(C)C. The summed E-state index contributed by atoms with van der Waals surface area (Å²) in [4.78, 5) is 27.4. The number of amides is 2. The minimum absolute atomic E-state index is 0.0181. The molecule has 0 aliphatic heterocycles. The average Bonchev–Trinajstić information content (AvgIpc) is 3.09. The van der Waals surface area contributed by atoms with Gasteiger partial charge in [-0.2, -0.15) is 5.10 Å². The number of nitrogens with one attached hydrogen (secondary N) is 1. The molecule has 0 spiro atoms. The average molecular weight is 449 g/mol. The molecule has 0 bridgehead atoms. The van der Waals surface area contributed by atoms with Crippen LogP contribution in [0, 0.1) is 0 Å². The van der Waals surface area contributed by atoms with Crippen molar-refractivity contribution in [2.75, 3.05) is 11.9 Å². The number of carbonyl (C=O) groups is 2.